The monoisotopic (exact) mass is 289 g/mol. The highest BCUT2D eigenvalue weighted by atomic mass is 16.5. The molecule has 1 amide bonds. The summed E-state index contributed by atoms with van der Waals surface area (Å²) in [7, 11) is 3.18. The summed E-state index contributed by atoms with van der Waals surface area (Å²) in [5, 5.41) is 0. The third-order valence-corrected chi connectivity index (χ3v) is 4.27. The molecule has 2 aliphatic carbocycles. The zero-order valence-electron chi connectivity index (χ0n) is 12.8. The zero-order chi connectivity index (χ0) is 14.8. The molecule has 4 nitrogen and oxygen atoms in total. The van der Waals surface area contributed by atoms with Crippen molar-refractivity contribution in [2.45, 2.75) is 25.7 Å². The summed E-state index contributed by atoms with van der Waals surface area (Å²) in [5.74, 6) is 2.63. The molecule has 1 aromatic rings. The van der Waals surface area contributed by atoms with Gasteiger partial charge in [0.15, 0.2) is 11.5 Å². The molecule has 0 radical (unpaired) electrons. The van der Waals surface area contributed by atoms with E-state index in [9.17, 15) is 4.79 Å². The molecule has 4 heteroatoms. The normalized spacial score (nSPS) is 17.4. The van der Waals surface area contributed by atoms with E-state index in [0.29, 0.717) is 28.9 Å². The van der Waals surface area contributed by atoms with Crippen LogP contribution in [0.15, 0.2) is 18.2 Å². The first kappa shape index (κ1) is 14.2. The number of ether oxygens (including phenoxy) is 2. The molecule has 0 saturated heterocycles. The lowest BCUT2D eigenvalue weighted by molar-refractivity contribution is 0.0735. The van der Waals surface area contributed by atoms with E-state index >= 15 is 0 Å². The largest absolute Gasteiger partial charge is 0.493 e. The molecule has 0 N–H and O–H groups in total. The number of carbonyl (C=O) groups is 1. The van der Waals surface area contributed by atoms with E-state index in [2.05, 4.69) is 0 Å². The highest BCUT2D eigenvalue weighted by Gasteiger charge is 2.33. The summed E-state index contributed by atoms with van der Waals surface area (Å²) < 4.78 is 10.7. The van der Waals surface area contributed by atoms with Crippen LogP contribution in [0.4, 0.5) is 0 Å². The second kappa shape index (κ2) is 5.96. The number of nitrogens with zero attached hydrogens (tertiary/aromatic N) is 1. The molecule has 2 aliphatic rings. The van der Waals surface area contributed by atoms with Gasteiger partial charge >= 0.3 is 0 Å². The molecular formula is C17H23NO3. The Kier molecular flexibility index (Phi) is 4.04. The van der Waals surface area contributed by atoms with E-state index in [0.717, 1.165) is 13.1 Å². The Morgan fingerprint density at radius 2 is 1.71 bits per heavy atom. The number of benzene rings is 1. The maximum absolute atomic E-state index is 12.9. The molecular weight excluding hydrogens is 266 g/mol. The summed E-state index contributed by atoms with van der Waals surface area (Å²) in [4.78, 5) is 14.9. The SMILES string of the molecule is COc1cccc(C(=O)N(CC2CC2)CC2CC2)c1OC. The molecule has 114 valence electrons. The maximum Gasteiger partial charge on any atom is 0.257 e. The summed E-state index contributed by atoms with van der Waals surface area (Å²) in [5.41, 5.74) is 0.609. The Bertz CT molecular complexity index is 507. The highest BCUT2D eigenvalue weighted by molar-refractivity contribution is 5.97. The Morgan fingerprint density at radius 1 is 1.10 bits per heavy atom. The number of para-hydroxylation sites is 1. The molecule has 1 aromatic carbocycles. The maximum atomic E-state index is 12.9. The van der Waals surface area contributed by atoms with Crippen LogP contribution in [-0.2, 0) is 0 Å². The minimum absolute atomic E-state index is 0.0737. The number of carbonyl (C=O) groups excluding carboxylic acids is 1. The fraction of sp³-hybridized carbons (Fsp3) is 0.588. The van der Waals surface area contributed by atoms with Crippen molar-refractivity contribution >= 4 is 5.91 Å². The van der Waals surface area contributed by atoms with Crippen molar-refractivity contribution in [2.75, 3.05) is 27.3 Å². The van der Waals surface area contributed by atoms with E-state index in [1.54, 1.807) is 14.2 Å². The zero-order valence-corrected chi connectivity index (χ0v) is 12.8. The van der Waals surface area contributed by atoms with Crippen LogP contribution >= 0.6 is 0 Å². The fourth-order valence-corrected chi connectivity index (χ4v) is 2.69. The van der Waals surface area contributed by atoms with Crippen LogP contribution in [0.1, 0.15) is 36.0 Å². The van der Waals surface area contributed by atoms with Crippen molar-refractivity contribution in [3.05, 3.63) is 23.8 Å². The second-order valence-electron chi connectivity index (χ2n) is 6.14. The fourth-order valence-electron chi connectivity index (χ4n) is 2.69. The standard InChI is InChI=1S/C17H23NO3/c1-20-15-5-3-4-14(16(15)21-2)17(19)18(10-12-6-7-12)11-13-8-9-13/h3-5,12-13H,6-11H2,1-2H3. The molecule has 21 heavy (non-hydrogen) atoms. The lowest BCUT2D eigenvalue weighted by Crippen LogP contribution is -2.35. The molecule has 0 spiro atoms. The molecule has 0 heterocycles. The minimum Gasteiger partial charge on any atom is -0.493 e. The van der Waals surface area contributed by atoms with Crippen LogP contribution in [0.5, 0.6) is 11.5 Å². The van der Waals surface area contributed by atoms with Gasteiger partial charge in [0.25, 0.3) is 5.91 Å². The number of hydrogen-bond acceptors (Lipinski definition) is 3. The van der Waals surface area contributed by atoms with Crippen molar-refractivity contribution in [3.63, 3.8) is 0 Å². The number of rotatable bonds is 7. The molecule has 0 bridgehead atoms. The third kappa shape index (κ3) is 3.31. The van der Waals surface area contributed by atoms with Crippen molar-refractivity contribution in [1.82, 2.24) is 4.90 Å². The molecule has 0 aromatic heterocycles. The van der Waals surface area contributed by atoms with Gasteiger partial charge in [-0.2, -0.15) is 0 Å². The predicted molar refractivity (Wildman–Crippen MR) is 80.9 cm³/mol. The number of hydrogen-bond donors (Lipinski definition) is 0. The Morgan fingerprint density at radius 3 is 2.19 bits per heavy atom. The molecule has 0 aliphatic heterocycles. The molecule has 2 saturated carbocycles. The smallest absolute Gasteiger partial charge is 0.257 e. The van der Waals surface area contributed by atoms with Gasteiger partial charge in [-0.1, -0.05) is 6.07 Å². The first-order valence-corrected chi connectivity index (χ1v) is 7.73. The van der Waals surface area contributed by atoms with Crippen LogP contribution in [0.25, 0.3) is 0 Å². The average molecular weight is 289 g/mol. The van der Waals surface area contributed by atoms with E-state index in [1.807, 2.05) is 23.1 Å². The highest BCUT2D eigenvalue weighted by Crippen LogP contribution is 2.36. The molecule has 0 atom stereocenters. The Labute approximate surface area is 126 Å². The van der Waals surface area contributed by atoms with Crippen LogP contribution in [0.3, 0.4) is 0 Å². The summed E-state index contributed by atoms with van der Waals surface area (Å²) in [6.45, 7) is 1.77. The van der Waals surface area contributed by atoms with Crippen LogP contribution in [0, 0.1) is 11.8 Å². The van der Waals surface area contributed by atoms with Gasteiger partial charge in [0.1, 0.15) is 0 Å². The first-order valence-electron chi connectivity index (χ1n) is 7.73. The van der Waals surface area contributed by atoms with Crippen LogP contribution in [-0.4, -0.2) is 38.1 Å². The van der Waals surface area contributed by atoms with Gasteiger partial charge < -0.3 is 14.4 Å². The van der Waals surface area contributed by atoms with Gasteiger partial charge in [-0.05, 0) is 49.7 Å². The number of amides is 1. The summed E-state index contributed by atoms with van der Waals surface area (Å²) in [6, 6.07) is 5.50. The van der Waals surface area contributed by atoms with Crippen LogP contribution < -0.4 is 9.47 Å². The third-order valence-electron chi connectivity index (χ3n) is 4.27. The van der Waals surface area contributed by atoms with Crippen molar-refractivity contribution in [2.24, 2.45) is 11.8 Å². The summed E-state index contributed by atoms with van der Waals surface area (Å²) >= 11 is 0. The van der Waals surface area contributed by atoms with E-state index in [1.165, 1.54) is 25.7 Å². The topological polar surface area (TPSA) is 38.8 Å². The average Bonchev–Trinajstić information content (AvgIpc) is 3.40. The van der Waals surface area contributed by atoms with Crippen molar-refractivity contribution in [1.29, 1.82) is 0 Å². The number of methoxy groups -OCH3 is 2. The van der Waals surface area contributed by atoms with Gasteiger partial charge in [0, 0.05) is 13.1 Å². The molecule has 3 rings (SSSR count). The van der Waals surface area contributed by atoms with E-state index in [4.69, 9.17) is 9.47 Å². The van der Waals surface area contributed by atoms with Crippen molar-refractivity contribution in [3.8, 4) is 11.5 Å². The quantitative estimate of drug-likeness (QED) is 0.774. The van der Waals surface area contributed by atoms with E-state index in [-0.39, 0.29) is 5.91 Å². The van der Waals surface area contributed by atoms with Gasteiger partial charge in [0.05, 0.1) is 19.8 Å². The first-order chi connectivity index (χ1) is 10.2. The summed E-state index contributed by atoms with van der Waals surface area (Å²) in [6.07, 6.45) is 5.01. The molecule has 2 fully saturated rings. The Hall–Kier alpha value is -1.71. The minimum atomic E-state index is 0.0737. The van der Waals surface area contributed by atoms with Gasteiger partial charge in [-0.25, -0.2) is 0 Å². The lowest BCUT2D eigenvalue weighted by Gasteiger charge is -2.24. The lowest BCUT2D eigenvalue weighted by atomic mass is 10.1. The van der Waals surface area contributed by atoms with E-state index < -0.39 is 0 Å². The van der Waals surface area contributed by atoms with Crippen LogP contribution in [0.2, 0.25) is 0 Å². The second-order valence-corrected chi connectivity index (χ2v) is 6.14. The van der Waals surface area contributed by atoms with Gasteiger partial charge in [-0.15, -0.1) is 0 Å². The Balaban J connectivity index is 1.83. The van der Waals surface area contributed by atoms with Crippen molar-refractivity contribution < 1.29 is 14.3 Å². The van der Waals surface area contributed by atoms with Gasteiger partial charge in [0.2, 0.25) is 0 Å². The molecule has 0 unspecified atom stereocenters. The predicted octanol–water partition coefficient (Wildman–Crippen LogP) is 2.97. The van der Waals surface area contributed by atoms with Gasteiger partial charge in [-0.3, -0.25) is 4.79 Å².